The Labute approximate surface area is 278 Å². The van der Waals surface area contributed by atoms with Crippen LogP contribution in [0.5, 0.6) is 0 Å². The number of halogens is 2. The molecule has 0 spiro atoms. The molecular weight excluding hydrogens is 591 g/mol. The summed E-state index contributed by atoms with van der Waals surface area (Å²) in [4.78, 5) is 2.56. The number of piperidine rings is 1. The fourth-order valence-electron chi connectivity index (χ4n) is 8.15. The summed E-state index contributed by atoms with van der Waals surface area (Å²) < 4.78 is 2.62. The number of fused-ring (bicyclic) bond motifs is 1. The Hall–Kier alpha value is -3.17. The fourth-order valence-corrected chi connectivity index (χ4v) is 8.40. The molecule has 4 heteroatoms. The first-order valence-electron chi connectivity index (χ1n) is 16.8. The zero-order valence-electron chi connectivity index (χ0n) is 26.5. The second-order valence-electron chi connectivity index (χ2n) is 13.1. The van der Waals surface area contributed by atoms with E-state index >= 15 is 0 Å². The third kappa shape index (κ3) is 6.30. The molecule has 0 bridgehead atoms. The van der Waals surface area contributed by atoms with Gasteiger partial charge in [-0.3, -0.25) is 4.90 Å². The van der Waals surface area contributed by atoms with Crippen LogP contribution in [0.1, 0.15) is 61.3 Å². The van der Waals surface area contributed by atoms with Crippen molar-refractivity contribution in [2.45, 2.75) is 57.9 Å². The molecule has 1 saturated heterocycles. The number of rotatable bonds is 6. The maximum Gasteiger partial charge on any atom is 0.206 e. The first-order chi connectivity index (χ1) is 22.0. The molecule has 0 N–H and O–H groups in total. The highest BCUT2D eigenvalue weighted by Crippen LogP contribution is 2.39. The third-order valence-corrected chi connectivity index (χ3v) is 10.7. The topological polar surface area (TPSA) is 6.25 Å². The molecule has 45 heavy (non-hydrogen) atoms. The summed E-state index contributed by atoms with van der Waals surface area (Å²) in [6.45, 7) is 5.86. The Morgan fingerprint density at radius 1 is 0.889 bits per heavy atom. The number of aryl methyl sites for hydroxylation is 2. The lowest BCUT2D eigenvalue weighted by Crippen LogP contribution is -2.44. The maximum absolute atomic E-state index is 6.35. The largest absolute Gasteiger partial charge is 0.299 e. The summed E-state index contributed by atoms with van der Waals surface area (Å²) in [5, 5.41) is 4.33. The summed E-state index contributed by atoms with van der Waals surface area (Å²) in [6.07, 6.45) is 20.2. The Kier molecular flexibility index (Phi) is 9.00. The Bertz CT molecular complexity index is 1800. The number of hydrogen-bond donors (Lipinski definition) is 0. The number of benzene rings is 3. The predicted molar refractivity (Wildman–Crippen MR) is 191 cm³/mol. The molecule has 230 valence electrons. The normalized spacial score (nSPS) is 21.7. The van der Waals surface area contributed by atoms with E-state index in [0.717, 1.165) is 29.3 Å². The Balaban J connectivity index is 1.37. The van der Waals surface area contributed by atoms with Crippen molar-refractivity contribution in [3.63, 3.8) is 0 Å². The first kappa shape index (κ1) is 30.5. The highest BCUT2D eigenvalue weighted by atomic mass is 35.5. The van der Waals surface area contributed by atoms with Crippen molar-refractivity contribution in [2.24, 2.45) is 5.92 Å². The summed E-state index contributed by atoms with van der Waals surface area (Å²) in [5.41, 5.74) is 10.7. The van der Waals surface area contributed by atoms with E-state index in [1.807, 2.05) is 24.3 Å². The fraction of sp³-hybridized carbons (Fsp3) is 0.341. The van der Waals surface area contributed by atoms with E-state index in [1.54, 1.807) is 0 Å². The van der Waals surface area contributed by atoms with Crippen LogP contribution >= 0.6 is 23.2 Å². The van der Waals surface area contributed by atoms with Gasteiger partial charge in [0.1, 0.15) is 13.1 Å². The van der Waals surface area contributed by atoms with E-state index in [1.165, 1.54) is 100 Å². The molecule has 0 aromatic heterocycles. The van der Waals surface area contributed by atoms with Crippen LogP contribution in [0.4, 0.5) is 0 Å². The predicted octanol–water partition coefficient (Wildman–Crippen LogP) is 8.20. The zero-order valence-corrected chi connectivity index (χ0v) is 28.0. The van der Waals surface area contributed by atoms with Crippen LogP contribution in [0.25, 0.3) is 11.1 Å². The lowest BCUT2D eigenvalue weighted by Gasteiger charge is -2.42. The van der Waals surface area contributed by atoms with Gasteiger partial charge in [-0.25, -0.2) is 4.58 Å². The first-order valence-corrected chi connectivity index (χ1v) is 17.6. The van der Waals surface area contributed by atoms with Gasteiger partial charge in [0.05, 0.1) is 0 Å². The number of likely N-dealkylation sites (N-methyl/N-ethyl adjacent to an activating group) is 1. The number of hydrogen-bond acceptors (Lipinski definition) is 1. The maximum atomic E-state index is 6.35. The molecule has 4 aliphatic rings. The van der Waals surface area contributed by atoms with Crippen LogP contribution in [0.2, 0.25) is 10.0 Å². The molecule has 3 aliphatic heterocycles. The van der Waals surface area contributed by atoms with Crippen LogP contribution in [0.3, 0.4) is 0 Å². The molecule has 3 heterocycles. The molecule has 2 nitrogen and oxygen atoms in total. The zero-order chi connectivity index (χ0) is 30.9. The molecule has 0 amide bonds. The molecule has 7 rings (SSSR count). The van der Waals surface area contributed by atoms with Crippen molar-refractivity contribution >= 4 is 34.3 Å². The Morgan fingerprint density at radius 2 is 1.53 bits per heavy atom. The van der Waals surface area contributed by atoms with E-state index in [0.29, 0.717) is 12.0 Å². The second-order valence-corrected chi connectivity index (χ2v) is 14.0. The van der Waals surface area contributed by atoms with Gasteiger partial charge in [0.15, 0.2) is 0 Å². The molecule has 3 aromatic rings. The van der Waals surface area contributed by atoms with Crippen LogP contribution in [0.15, 0.2) is 102 Å². The van der Waals surface area contributed by atoms with Crippen molar-refractivity contribution in [1.29, 1.82) is 0 Å². The molecule has 0 radical (unpaired) electrons. The summed E-state index contributed by atoms with van der Waals surface area (Å²) in [5.74, 6) is 0.543. The third-order valence-electron chi connectivity index (χ3n) is 10.2. The van der Waals surface area contributed by atoms with Crippen LogP contribution in [-0.4, -0.2) is 37.6 Å². The van der Waals surface area contributed by atoms with Crippen LogP contribution in [0, 0.1) is 5.92 Å². The highest BCUT2D eigenvalue weighted by Gasteiger charge is 2.33. The highest BCUT2D eigenvalue weighted by molar-refractivity contribution is 6.30. The molecule has 3 aromatic carbocycles. The standard InChI is InChI=1S/C41H43Cl2N2/c1-3-28-24-34(25-31-8-5-21-44(2)40(28)31)38(29-13-17-36(42)18-14-29)11-4-12-39(30-15-19-37(43)20-16-30)35-26-32-9-6-22-45-23-7-10-33(27-35)41(32)45/h4,11-20,24-27,31,40H,3,5-10,21-23H2,1-2H3/q+1. The monoisotopic (exact) mass is 633 g/mol. The van der Waals surface area contributed by atoms with Gasteiger partial charge in [-0.05, 0) is 121 Å². The van der Waals surface area contributed by atoms with Gasteiger partial charge in [-0.15, -0.1) is 0 Å². The van der Waals surface area contributed by atoms with Crippen LogP contribution < -0.4 is 15.2 Å². The average molecular weight is 635 g/mol. The van der Waals surface area contributed by atoms with Crippen molar-refractivity contribution in [2.75, 3.05) is 26.7 Å². The van der Waals surface area contributed by atoms with Gasteiger partial charge in [0.25, 0.3) is 0 Å². The van der Waals surface area contributed by atoms with Crippen molar-refractivity contribution in [1.82, 2.24) is 9.48 Å². The van der Waals surface area contributed by atoms with Crippen molar-refractivity contribution in [3.05, 3.63) is 145 Å². The van der Waals surface area contributed by atoms with Crippen molar-refractivity contribution in [3.8, 4) is 0 Å². The van der Waals surface area contributed by atoms with Gasteiger partial charge in [-0.2, -0.15) is 0 Å². The number of nitrogens with zero attached hydrogens (tertiary/aromatic N) is 2. The molecule has 1 aliphatic carbocycles. The summed E-state index contributed by atoms with van der Waals surface area (Å²) in [7, 11) is 2.29. The number of allylic oxidation sites excluding steroid dienone is 6. The Morgan fingerprint density at radius 3 is 2.18 bits per heavy atom. The SMILES string of the molecule is CCC1=CC(C(=CC=CC(c2ccc(Cl)cc2)=c2cc3c4c(c2)CCC[N+]=4CCC3)c2ccc(Cl)cc2)=CC2CCCN(C)C12. The van der Waals surface area contributed by atoms with Gasteiger partial charge >= 0.3 is 0 Å². The van der Waals surface area contributed by atoms with E-state index in [-0.39, 0.29) is 0 Å². The molecular formula is C41H43Cl2N2+. The summed E-state index contributed by atoms with van der Waals surface area (Å²) >= 11 is 12.7. The van der Waals surface area contributed by atoms with Gasteiger partial charge in [0, 0.05) is 40.1 Å². The number of likely N-dealkylation sites (tertiary alicyclic amines) is 1. The van der Waals surface area contributed by atoms with E-state index in [9.17, 15) is 0 Å². The van der Waals surface area contributed by atoms with E-state index in [2.05, 4.69) is 90.2 Å². The quantitative estimate of drug-likeness (QED) is 0.196. The lowest BCUT2D eigenvalue weighted by molar-refractivity contribution is 0.168. The second kappa shape index (κ2) is 13.3. The minimum atomic E-state index is 0.514. The van der Waals surface area contributed by atoms with Gasteiger partial charge < -0.3 is 0 Å². The van der Waals surface area contributed by atoms with E-state index in [4.69, 9.17) is 23.2 Å². The lowest BCUT2D eigenvalue weighted by atomic mass is 9.76. The van der Waals surface area contributed by atoms with Crippen molar-refractivity contribution < 1.29 is 0 Å². The minimum absolute atomic E-state index is 0.514. The summed E-state index contributed by atoms with van der Waals surface area (Å²) in [6, 6.07) is 22.1. The minimum Gasteiger partial charge on any atom is -0.299 e. The van der Waals surface area contributed by atoms with Crippen LogP contribution in [-0.2, 0) is 12.8 Å². The van der Waals surface area contributed by atoms with Gasteiger partial charge in [-0.1, -0.05) is 90.3 Å². The smallest absolute Gasteiger partial charge is 0.206 e. The van der Waals surface area contributed by atoms with E-state index < -0.39 is 0 Å². The molecule has 2 unspecified atom stereocenters. The average Bonchev–Trinajstić information content (AvgIpc) is 3.06. The van der Waals surface area contributed by atoms with Gasteiger partial charge in [0.2, 0.25) is 5.36 Å². The molecule has 0 saturated carbocycles. The molecule has 1 fully saturated rings. The molecule has 2 atom stereocenters.